The van der Waals surface area contributed by atoms with E-state index in [2.05, 4.69) is 21.9 Å². The fraction of sp³-hybridized carbons (Fsp3) is 0.400. The lowest BCUT2D eigenvalue weighted by atomic mass is 10.1. The van der Waals surface area contributed by atoms with Gasteiger partial charge in [-0.2, -0.15) is 0 Å². The minimum absolute atomic E-state index is 0.0390. The largest absolute Gasteiger partial charge is 0.474 e. The van der Waals surface area contributed by atoms with Gasteiger partial charge in [0.2, 0.25) is 5.88 Å². The summed E-state index contributed by atoms with van der Waals surface area (Å²) in [6, 6.07) is 0. The molecule has 0 saturated heterocycles. The van der Waals surface area contributed by atoms with Gasteiger partial charge in [0.05, 0.1) is 11.5 Å². The maximum Gasteiger partial charge on any atom is 0.226 e. The lowest BCUT2D eigenvalue weighted by Gasteiger charge is -2.12. The summed E-state index contributed by atoms with van der Waals surface area (Å²) in [7, 11) is 0. The van der Waals surface area contributed by atoms with E-state index in [1.165, 1.54) is 13.3 Å². The zero-order valence-corrected chi connectivity index (χ0v) is 12.0. The Morgan fingerprint density at radius 2 is 2.30 bits per heavy atom. The highest BCUT2D eigenvalue weighted by Gasteiger charge is 2.13. The molecule has 106 valence electrons. The number of H-pyrrole nitrogens is 1. The number of allylic oxidation sites excluding steroid dienone is 2. The topological polar surface area (TPSA) is 67.9 Å². The molecule has 0 bridgehead atoms. The molecule has 2 heterocycles. The van der Waals surface area contributed by atoms with Crippen LogP contribution in [0.1, 0.15) is 32.8 Å². The van der Waals surface area contributed by atoms with Crippen LogP contribution in [0.5, 0.6) is 5.88 Å². The summed E-state index contributed by atoms with van der Waals surface area (Å²) < 4.78 is 5.84. The van der Waals surface area contributed by atoms with Crippen LogP contribution in [-0.4, -0.2) is 26.8 Å². The standard InChI is InChI=1S/C15H19N3O2/c1-4-11(3)20-15-13-12(7-5-6-10(2)19)8-16-14(13)17-9-18-15/h5-6,8-9,11H,4,7H2,1-3H3,(H,16,17,18)/b6-5+. The molecule has 1 unspecified atom stereocenters. The van der Waals surface area contributed by atoms with Crippen molar-refractivity contribution in [3.05, 3.63) is 30.2 Å². The molecular formula is C15H19N3O2. The van der Waals surface area contributed by atoms with Crippen molar-refractivity contribution < 1.29 is 9.53 Å². The number of hydrogen-bond acceptors (Lipinski definition) is 4. The number of aromatic nitrogens is 3. The molecule has 0 amide bonds. The van der Waals surface area contributed by atoms with Gasteiger partial charge in [-0.25, -0.2) is 9.97 Å². The van der Waals surface area contributed by atoms with Crippen LogP contribution in [0.3, 0.4) is 0 Å². The molecule has 0 aliphatic rings. The number of aromatic amines is 1. The highest BCUT2D eigenvalue weighted by Crippen LogP contribution is 2.26. The Labute approximate surface area is 118 Å². The molecule has 20 heavy (non-hydrogen) atoms. The Balaban J connectivity index is 2.33. The van der Waals surface area contributed by atoms with E-state index >= 15 is 0 Å². The predicted molar refractivity (Wildman–Crippen MR) is 77.8 cm³/mol. The highest BCUT2D eigenvalue weighted by atomic mass is 16.5. The van der Waals surface area contributed by atoms with Crippen LogP contribution in [0.15, 0.2) is 24.7 Å². The van der Waals surface area contributed by atoms with Gasteiger partial charge in [0, 0.05) is 6.20 Å². The van der Waals surface area contributed by atoms with Crippen LogP contribution in [0.25, 0.3) is 11.0 Å². The number of fused-ring (bicyclic) bond motifs is 1. The summed E-state index contributed by atoms with van der Waals surface area (Å²) in [6.07, 6.45) is 8.44. The average Bonchev–Trinajstić information content (AvgIpc) is 2.83. The second-order valence-corrected chi connectivity index (χ2v) is 4.77. The molecule has 2 aromatic heterocycles. The van der Waals surface area contributed by atoms with E-state index in [0.29, 0.717) is 12.3 Å². The lowest BCUT2D eigenvalue weighted by Crippen LogP contribution is -2.11. The van der Waals surface area contributed by atoms with Gasteiger partial charge in [-0.15, -0.1) is 0 Å². The Kier molecular flexibility index (Phi) is 4.50. The van der Waals surface area contributed by atoms with E-state index in [1.54, 1.807) is 6.08 Å². The van der Waals surface area contributed by atoms with Gasteiger partial charge in [-0.1, -0.05) is 13.0 Å². The number of rotatable bonds is 6. The van der Waals surface area contributed by atoms with E-state index in [0.717, 1.165) is 23.0 Å². The molecule has 5 heteroatoms. The van der Waals surface area contributed by atoms with Crippen LogP contribution in [0.2, 0.25) is 0 Å². The van der Waals surface area contributed by atoms with Gasteiger partial charge in [0.15, 0.2) is 5.78 Å². The summed E-state index contributed by atoms with van der Waals surface area (Å²) >= 11 is 0. The summed E-state index contributed by atoms with van der Waals surface area (Å²) in [5.41, 5.74) is 1.78. The molecule has 5 nitrogen and oxygen atoms in total. The summed E-state index contributed by atoms with van der Waals surface area (Å²) in [6.45, 7) is 5.61. The molecule has 0 aliphatic heterocycles. The van der Waals surface area contributed by atoms with E-state index in [-0.39, 0.29) is 11.9 Å². The molecule has 2 rings (SSSR count). The number of hydrogen-bond donors (Lipinski definition) is 1. The van der Waals surface area contributed by atoms with E-state index in [1.807, 2.05) is 19.2 Å². The first-order valence-electron chi connectivity index (χ1n) is 6.76. The molecule has 0 radical (unpaired) electrons. The molecular weight excluding hydrogens is 254 g/mol. The van der Waals surface area contributed by atoms with E-state index in [4.69, 9.17) is 4.74 Å². The van der Waals surface area contributed by atoms with Gasteiger partial charge in [-0.05, 0) is 38.3 Å². The van der Waals surface area contributed by atoms with Crippen LogP contribution in [0.4, 0.5) is 0 Å². The number of ketones is 1. The van der Waals surface area contributed by atoms with Crippen LogP contribution >= 0.6 is 0 Å². The Morgan fingerprint density at radius 1 is 1.50 bits per heavy atom. The lowest BCUT2D eigenvalue weighted by molar-refractivity contribution is -0.112. The number of carbonyl (C=O) groups is 1. The molecule has 1 N–H and O–H groups in total. The first-order chi connectivity index (χ1) is 9.61. The van der Waals surface area contributed by atoms with Crippen molar-refractivity contribution in [1.82, 2.24) is 15.0 Å². The Hall–Kier alpha value is -2.17. The summed E-state index contributed by atoms with van der Waals surface area (Å²) in [5, 5.41) is 0.890. The van der Waals surface area contributed by atoms with Crippen molar-refractivity contribution in [2.24, 2.45) is 0 Å². The minimum Gasteiger partial charge on any atom is -0.474 e. The van der Waals surface area contributed by atoms with Crippen molar-refractivity contribution >= 4 is 16.8 Å². The zero-order valence-electron chi connectivity index (χ0n) is 12.0. The monoisotopic (exact) mass is 273 g/mol. The van der Waals surface area contributed by atoms with Gasteiger partial charge < -0.3 is 9.72 Å². The second kappa shape index (κ2) is 6.32. The Bertz CT molecular complexity index is 631. The molecule has 0 spiro atoms. The molecule has 0 saturated carbocycles. The number of ether oxygens (including phenoxy) is 1. The SMILES string of the molecule is CCC(C)Oc1ncnc2[nH]cc(C/C=C/C(C)=O)c12. The van der Waals surface area contributed by atoms with Crippen LogP contribution in [0, 0.1) is 0 Å². The maximum absolute atomic E-state index is 10.9. The Morgan fingerprint density at radius 3 is 3.00 bits per heavy atom. The van der Waals surface area contributed by atoms with E-state index < -0.39 is 0 Å². The van der Waals surface area contributed by atoms with Crippen molar-refractivity contribution in [2.75, 3.05) is 0 Å². The summed E-state index contributed by atoms with van der Waals surface area (Å²) in [4.78, 5) is 22.5. The van der Waals surface area contributed by atoms with Gasteiger partial charge in [0.25, 0.3) is 0 Å². The van der Waals surface area contributed by atoms with Gasteiger partial charge in [0.1, 0.15) is 12.0 Å². The molecule has 0 aromatic carbocycles. The van der Waals surface area contributed by atoms with Crippen molar-refractivity contribution in [2.45, 2.75) is 39.7 Å². The molecule has 0 fully saturated rings. The minimum atomic E-state index is 0.0390. The molecule has 0 aliphatic carbocycles. The van der Waals surface area contributed by atoms with E-state index in [9.17, 15) is 4.79 Å². The fourth-order valence-corrected chi connectivity index (χ4v) is 1.87. The number of carbonyl (C=O) groups excluding carboxylic acids is 1. The van der Waals surface area contributed by atoms with Crippen molar-refractivity contribution in [1.29, 1.82) is 0 Å². The number of nitrogens with zero attached hydrogens (tertiary/aromatic N) is 2. The maximum atomic E-state index is 10.9. The van der Waals surface area contributed by atoms with Crippen LogP contribution < -0.4 is 4.74 Å². The van der Waals surface area contributed by atoms with Crippen molar-refractivity contribution in [3.63, 3.8) is 0 Å². The smallest absolute Gasteiger partial charge is 0.226 e. The van der Waals surface area contributed by atoms with Gasteiger partial charge >= 0.3 is 0 Å². The first-order valence-corrected chi connectivity index (χ1v) is 6.76. The summed E-state index contributed by atoms with van der Waals surface area (Å²) in [5.74, 6) is 0.633. The normalized spacial score (nSPS) is 12.9. The highest BCUT2D eigenvalue weighted by molar-refractivity contribution is 5.88. The number of nitrogens with one attached hydrogen (secondary N) is 1. The van der Waals surface area contributed by atoms with Crippen molar-refractivity contribution in [3.8, 4) is 5.88 Å². The molecule has 2 aromatic rings. The first kappa shape index (κ1) is 14.2. The third-order valence-electron chi connectivity index (χ3n) is 3.09. The second-order valence-electron chi connectivity index (χ2n) is 4.77. The predicted octanol–water partition coefficient (Wildman–Crippen LogP) is 2.82. The third-order valence-corrected chi connectivity index (χ3v) is 3.09. The fourth-order valence-electron chi connectivity index (χ4n) is 1.87. The zero-order chi connectivity index (χ0) is 14.5. The quantitative estimate of drug-likeness (QED) is 0.822. The third kappa shape index (κ3) is 3.23. The average molecular weight is 273 g/mol. The van der Waals surface area contributed by atoms with Crippen LogP contribution in [-0.2, 0) is 11.2 Å². The molecule has 1 atom stereocenters. The van der Waals surface area contributed by atoms with Gasteiger partial charge in [-0.3, -0.25) is 4.79 Å².